The largest absolute Gasteiger partial charge is 0.494 e. The highest BCUT2D eigenvalue weighted by molar-refractivity contribution is 7.98. The Labute approximate surface area is 146 Å². The van der Waals surface area contributed by atoms with Gasteiger partial charge >= 0.3 is 0 Å². The van der Waals surface area contributed by atoms with Crippen molar-refractivity contribution in [1.29, 1.82) is 0 Å². The van der Waals surface area contributed by atoms with Gasteiger partial charge in [0, 0.05) is 0 Å². The Balaban J connectivity index is 1.91. The molecule has 4 heteroatoms. The van der Waals surface area contributed by atoms with E-state index in [0.29, 0.717) is 6.29 Å². The molecule has 1 aliphatic carbocycles. The molecule has 24 heavy (non-hydrogen) atoms. The van der Waals surface area contributed by atoms with Crippen LogP contribution in [-0.2, 0) is 12.8 Å². The topological polar surface area (TPSA) is 26.3 Å². The maximum Gasteiger partial charge on any atom is 0.153 e. The van der Waals surface area contributed by atoms with Crippen LogP contribution in [0, 0.1) is 5.82 Å². The Kier molecular flexibility index (Phi) is 5.56. The second kappa shape index (κ2) is 7.84. The van der Waals surface area contributed by atoms with Gasteiger partial charge < -0.3 is 4.74 Å². The van der Waals surface area contributed by atoms with Crippen molar-refractivity contribution < 1.29 is 13.9 Å². The second-order valence-corrected chi connectivity index (χ2v) is 7.00. The molecule has 2 aromatic carbocycles. The Hall–Kier alpha value is -1.81. The number of carbonyl (C=O) groups is 1. The van der Waals surface area contributed by atoms with Gasteiger partial charge in [-0.1, -0.05) is 6.07 Å². The minimum absolute atomic E-state index is 0.124. The smallest absolute Gasteiger partial charge is 0.153 e. The lowest BCUT2D eigenvalue weighted by Crippen LogP contribution is -2.00. The summed E-state index contributed by atoms with van der Waals surface area (Å²) >= 11 is 1.82. The number of hydrogen-bond acceptors (Lipinski definition) is 3. The lowest BCUT2D eigenvalue weighted by molar-refractivity contribution is 0.112. The van der Waals surface area contributed by atoms with Crippen LogP contribution in [0.4, 0.5) is 4.39 Å². The van der Waals surface area contributed by atoms with E-state index in [0.717, 1.165) is 60.5 Å². The molecule has 126 valence electrons. The number of aldehydes is 1. The van der Waals surface area contributed by atoms with Crippen LogP contribution in [0.3, 0.4) is 0 Å². The fourth-order valence-corrected chi connectivity index (χ4v) is 3.58. The highest BCUT2D eigenvalue weighted by Gasteiger charge is 2.17. The fraction of sp³-hybridized carbons (Fsp3) is 0.350. The van der Waals surface area contributed by atoms with Gasteiger partial charge in [0.1, 0.15) is 11.6 Å². The summed E-state index contributed by atoms with van der Waals surface area (Å²) < 4.78 is 19.7. The van der Waals surface area contributed by atoms with E-state index >= 15 is 0 Å². The molecule has 0 spiro atoms. The zero-order valence-electron chi connectivity index (χ0n) is 13.8. The van der Waals surface area contributed by atoms with Crippen molar-refractivity contribution in [1.82, 2.24) is 0 Å². The van der Waals surface area contributed by atoms with Gasteiger partial charge in [0.15, 0.2) is 6.29 Å². The van der Waals surface area contributed by atoms with Gasteiger partial charge in [-0.15, -0.1) is 0 Å². The molecule has 0 N–H and O–H groups in total. The number of thioether (sulfide) groups is 1. The molecule has 0 saturated carbocycles. The monoisotopic (exact) mass is 344 g/mol. The Morgan fingerprint density at radius 3 is 2.71 bits per heavy atom. The fourth-order valence-electron chi connectivity index (χ4n) is 3.17. The van der Waals surface area contributed by atoms with Crippen LogP contribution in [0.15, 0.2) is 30.3 Å². The first kappa shape index (κ1) is 17.0. The summed E-state index contributed by atoms with van der Waals surface area (Å²) in [6, 6.07) is 9.29. The molecule has 0 aliphatic heterocycles. The van der Waals surface area contributed by atoms with Gasteiger partial charge in [0.2, 0.25) is 0 Å². The average molecular weight is 344 g/mol. The Morgan fingerprint density at radius 1 is 1.17 bits per heavy atom. The van der Waals surface area contributed by atoms with Crippen molar-refractivity contribution in [2.75, 3.05) is 18.6 Å². The first-order valence-electron chi connectivity index (χ1n) is 8.25. The molecular weight excluding hydrogens is 323 g/mol. The molecule has 0 heterocycles. The summed E-state index contributed by atoms with van der Waals surface area (Å²) in [5.41, 5.74) is 4.37. The maximum atomic E-state index is 13.9. The van der Waals surface area contributed by atoms with Gasteiger partial charge in [0.05, 0.1) is 12.2 Å². The predicted octanol–water partition coefficient (Wildman–Crippen LogP) is 4.93. The third kappa shape index (κ3) is 3.64. The number of rotatable bonds is 6. The predicted molar refractivity (Wildman–Crippen MR) is 97.7 cm³/mol. The van der Waals surface area contributed by atoms with E-state index in [9.17, 15) is 9.18 Å². The molecule has 2 nitrogen and oxygen atoms in total. The van der Waals surface area contributed by atoms with Crippen LogP contribution < -0.4 is 4.74 Å². The molecule has 0 aromatic heterocycles. The standard InChI is InChI=1S/C20H21FO2S/c1-24-9-3-8-23-17-6-7-18-14(10-17)4-2-5-15-12-20(21)16(13-22)11-19(15)18/h6-7,10-13H,2-5,8-9H2,1H3. The van der Waals surface area contributed by atoms with Gasteiger partial charge in [-0.2, -0.15) is 11.8 Å². The van der Waals surface area contributed by atoms with E-state index in [2.05, 4.69) is 12.3 Å². The van der Waals surface area contributed by atoms with E-state index in [-0.39, 0.29) is 5.56 Å². The van der Waals surface area contributed by atoms with Crippen molar-refractivity contribution in [3.05, 3.63) is 52.8 Å². The van der Waals surface area contributed by atoms with Crippen LogP contribution in [0.5, 0.6) is 5.75 Å². The highest BCUT2D eigenvalue weighted by Crippen LogP contribution is 2.35. The maximum absolute atomic E-state index is 13.9. The number of aryl methyl sites for hydroxylation is 2. The first-order chi connectivity index (χ1) is 11.7. The molecule has 3 rings (SSSR count). The summed E-state index contributed by atoms with van der Waals surface area (Å²) in [4.78, 5) is 11.1. The lowest BCUT2D eigenvalue weighted by atomic mass is 9.94. The lowest BCUT2D eigenvalue weighted by Gasteiger charge is -2.13. The normalized spacial score (nSPS) is 12.9. The average Bonchev–Trinajstić information content (AvgIpc) is 2.76. The number of ether oxygens (including phenoxy) is 1. The van der Waals surface area contributed by atoms with Gasteiger partial charge in [-0.25, -0.2) is 4.39 Å². The zero-order chi connectivity index (χ0) is 16.9. The minimum Gasteiger partial charge on any atom is -0.494 e. The van der Waals surface area contributed by atoms with Crippen molar-refractivity contribution >= 4 is 18.0 Å². The van der Waals surface area contributed by atoms with Crippen LogP contribution in [0.2, 0.25) is 0 Å². The van der Waals surface area contributed by atoms with Gasteiger partial charge in [-0.3, -0.25) is 4.79 Å². The quantitative estimate of drug-likeness (QED) is 0.549. The second-order valence-electron chi connectivity index (χ2n) is 6.02. The zero-order valence-corrected chi connectivity index (χ0v) is 14.6. The number of halogens is 1. The van der Waals surface area contributed by atoms with Crippen molar-refractivity contribution in [3.63, 3.8) is 0 Å². The van der Waals surface area contributed by atoms with Crippen molar-refractivity contribution in [2.24, 2.45) is 0 Å². The molecule has 0 radical (unpaired) electrons. The van der Waals surface area contributed by atoms with Crippen molar-refractivity contribution in [2.45, 2.75) is 25.7 Å². The summed E-state index contributed by atoms with van der Waals surface area (Å²) in [5, 5.41) is 0. The van der Waals surface area contributed by atoms with E-state index in [1.54, 1.807) is 6.07 Å². The summed E-state index contributed by atoms with van der Waals surface area (Å²) in [6.07, 6.45) is 6.44. The van der Waals surface area contributed by atoms with E-state index in [4.69, 9.17) is 4.74 Å². The number of benzene rings is 2. The molecule has 0 bridgehead atoms. The first-order valence-corrected chi connectivity index (χ1v) is 9.65. The molecule has 1 aliphatic rings. The minimum atomic E-state index is -0.430. The van der Waals surface area contributed by atoms with E-state index in [1.165, 1.54) is 11.6 Å². The van der Waals surface area contributed by atoms with E-state index < -0.39 is 5.82 Å². The van der Waals surface area contributed by atoms with Crippen LogP contribution in [0.25, 0.3) is 11.1 Å². The molecule has 0 amide bonds. The number of hydrogen-bond donors (Lipinski definition) is 0. The third-order valence-electron chi connectivity index (χ3n) is 4.37. The number of carbonyl (C=O) groups excluding carboxylic acids is 1. The third-order valence-corrected chi connectivity index (χ3v) is 5.07. The summed E-state index contributed by atoms with van der Waals surface area (Å²) in [7, 11) is 0. The molecule has 0 unspecified atom stereocenters. The number of fused-ring (bicyclic) bond motifs is 3. The van der Waals surface area contributed by atoms with Crippen molar-refractivity contribution in [3.8, 4) is 16.9 Å². The van der Waals surface area contributed by atoms with Gasteiger partial charge in [0.25, 0.3) is 0 Å². The SMILES string of the molecule is CSCCCOc1ccc2c(c1)CCCc1cc(F)c(C=O)cc1-2. The van der Waals surface area contributed by atoms with E-state index in [1.807, 2.05) is 23.9 Å². The summed E-state index contributed by atoms with van der Waals surface area (Å²) in [6.45, 7) is 0.719. The molecule has 0 saturated heterocycles. The van der Waals surface area contributed by atoms with Gasteiger partial charge in [-0.05, 0) is 84.2 Å². The van der Waals surface area contributed by atoms with Crippen LogP contribution in [-0.4, -0.2) is 24.9 Å². The Morgan fingerprint density at radius 2 is 1.96 bits per heavy atom. The van der Waals surface area contributed by atoms with Crippen LogP contribution >= 0.6 is 11.8 Å². The highest BCUT2D eigenvalue weighted by atomic mass is 32.2. The van der Waals surface area contributed by atoms with Crippen LogP contribution in [0.1, 0.15) is 34.3 Å². The molecule has 2 aromatic rings. The molecular formula is C20H21FO2S. The molecule has 0 atom stereocenters. The Bertz CT molecular complexity index is 743. The summed E-state index contributed by atoms with van der Waals surface area (Å²) in [5.74, 6) is 1.55. The molecule has 0 fully saturated rings.